The van der Waals surface area contributed by atoms with Gasteiger partial charge >= 0.3 is 5.97 Å². The average molecular weight is 346 g/mol. The number of esters is 1. The molecule has 0 radical (unpaired) electrons. The number of carbonyl (C=O) groups is 1. The van der Waals surface area contributed by atoms with Crippen molar-refractivity contribution in [3.05, 3.63) is 34.4 Å². The molecule has 0 saturated heterocycles. The van der Waals surface area contributed by atoms with E-state index in [9.17, 15) is 28.4 Å². The standard InChI is InChI=1S/C13H18N2O7S/c1-4-14(12(9(2)16)13(17)22-3)23(20,21)11-7-5-10(6-8-11)15(18)19/h5-9,12,16H,4H2,1-3H3. The molecule has 23 heavy (non-hydrogen) atoms. The molecule has 2 atom stereocenters. The second-order valence-corrected chi connectivity index (χ2v) is 6.56. The van der Waals surface area contributed by atoms with Crippen LogP contribution in [-0.2, 0) is 19.6 Å². The van der Waals surface area contributed by atoms with Gasteiger partial charge in [0, 0.05) is 18.7 Å². The molecule has 0 aliphatic rings. The van der Waals surface area contributed by atoms with E-state index in [1.165, 1.54) is 13.8 Å². The monoisotopic (exact) mass is 346 g/mol. The van der Waals surface area contributed by atoms with E-state index >= 15 is 0 Å². The summed E-state index contributed by atoms with van der Waals surface area (Å²) < 4.78 is 30.6. The van der Waals surface area contributed by atoms with E-state index in [2.05, 4.69) is 4.74 Å². The number of rotatable bonds is 7. The number of nitrogens with zero attached hydrogens (tertiary/aromatic N) is 2. The zero-order valence-corrected chi connectivity index (χ0v) is 13.7. The minimum absolute atomic E-state index is 0.0933. The Bertz CT molecular complexity index is 670. The summed E-state index contributed by atoms with van der Waals surface area (Å²) in [4.78, 5) is 21.6. The normalized spacial score (nSPS) is 14.3. The predicted octanol–water partition coefficient (Wildman–Crippen LogP) is 0.528. The fraction of sp³-hybridized carbons (Fsp3) is 0.462. The lowest BCUT2D eigenvalue weighted by Gasteiger charge is -2.29. The van der Waals surface area contributed by atoms with Gasteiger partial charge in [0.25, 0.3) is 5.69 Å². The van der Waals surface area contributed by atoms with Gasteiger partial charge in [0.15, 0.2) is 0 Å². The van der Waals surface area contributed by atoms with Crippen molar-refractivity contribution in [1.29, 1.82) is 0 Å². The Kier molecular flexibility index (Phi) is 6.19. The van der Waals surface area contributed by atoms with E-state index in [0.29, 0.717) is 0 Å². The maximum absolute atomic E-state index is 12.6. The third-order valence-corrected chi connectivity index (χ3v) is 5.15. The first-order valence-corrected chi connectivity index (χ1v) is 8.13. The lowest BCUT2D eigenvalue weighted by Crippen LogP contribution is -2.51. The van der Waals surface area contributed by atoms with Gasteiger partial charge < -0.3 is 9.84 Å². The molecule has 128 valence electrons. The van der Waals surface area contributed by atoms with Crippen molar-refractivity contribution in [3.63, 3.8) is 0 Å². The molecule has 0 amide bonds. The molecule has 1 aromatic rings. The third-order valence-electron chi connectivity index (χ3n) is 3.18. The van der Waals surface area contributed by atoms with Crippen molar-refractivity contribution in [1.82, 2.24) is 4.31 Å². The molecule has 2 unspecified atom stereocenters. The lowest BCUT2D eigenvalue weighted by atomic mass is 10.2. The molecule has 0 aromatic heterocycles. The summed E-state index contributed by atoms with van der Waals surface area (Å²) in [6.45, 7) is 2.68. The van der Waals surface area contributed by atoms with Crippen LogP contribution < -0.4 is 0 Å². The Hall–Kier alpha value is -2.04. The van der Waals surface area contributed by atoms with E-state index < -0.39 is 33.1 Å². The predicted molar refractivity (Wildman–Crippen MR) is 80.1 cm³/mol. The molecule has 1 aromatic carbocycles. The molecule has 0 aliphatic carbocycles. The van der Waals surface area contributed by atoms with Gasteiger partial charge in [-0.3, -0.25) is 14.9 Å². The summed E-state index contributed by atoms with van der Waals surface area (Å²) in [5.41, 5.74) is -0.257. The Morgan fingerprint density at radius 2 is 1.91 bits per heavy atom. The molecule has 0 saturated carbocycles. The maximum Gasteiger partial charge on any atom is 0.326 e. The zero-order valence-electron chi connectivity index (χ0n) is 12.9. The minimum atomic E-state index is -4.14. The van der Waals surface area contributed by atoms with Crippen molar-refractivity contribution in [3.8, 4) is 0 Å². The van der Waals surface area contributed by atoms with Crippen molar-refractivity contribution in [2.75, 3.05) is 13.7 Å². The van der Waals surface area contributed by atoms with Gasteiger partial charge in [-0.05, 0) is 19.1 Å². The number of carbonyl (C=O) groups excluding carboxylic acids is 1. The van der Waals surface area contributed by atoms with Crippen LogP contribution in [0.2, 0.25) is 0 Å². The Morgan fingerprint density at radius 1 is 1.39 bits per heavy atom. The lowest BCUT2D eigenvalue weighted by molar-refractivity contribution is -0.384. The Labute approximate surface area is 133 Å². The number of nitro groups is 1. The fourth-order valence-corrected chi connectivity index (χ4v) is 3.72. The molecule has 0 aliphatic heterocycles. The summed E-state index contributed by atoms with van der Waals surface area (Å²) in [5, 5.41) is 20.4. The highest BCUT2D eigenvalue weighted by Gasteiger charge is 2.38. The van der Waals surface area contributed by atoms with E-state index in [1.807, 2.05) is 0 Å². The van der Waals surface area contributed by atoms with Crippen molar-refractivity contribution in [2.45, 2.75) is 30.9 Å². The van der Waals surface area contributed by atoms with Gasteiger partial charge in [-0.25, -0.2) is 8.42 Å². The first-order chi connectivity index (χ1) is 10.7. The Morgan fingerprint density at radius 3 is 2.26 bits per heavy atom. The van der Waals surface area contributed by atoms with Gasteiger partial charge in [-0.1, -0.05) is 6.92 Å². The molecule has 0 spiro atoms. The fourth-order valence-electron chi connectivity index (χ4n) is 2.07. The molecule has 0 fully saturated rings. The average Bonchev–Trinajstić information content (AvgIpc) is 2.51. The van der Waals surface area contributed by atoms with Gasteiger partial charge in [0.2, 0.25) is 10.0 Å². The zero-order chi connectivity index (χ0) is 17.8. The topological polar surface area (TPSA) is 127 Å². The molecule has 1 rings (SSSR count). The number of hydrogen-bond donors (Lipinski definition) is 1. The van der Waals surface area contributed by atoms with E-state index in [-0.39, 0.29) is 17.1 Å². The molecule has 1 N–H and O–H groups in total. The highest BCUT2D eigenvalue weighted by atomic mass is 32.2. The largest absolute Gasteiger partial charge is 0.468 e. The van der Waals surface area contributed by atoms with Crippen molar-refractivity contribution in [2.24, 2.45) is 0 Å². The van der Waals surface area contributed by atoms with Crippen LogP contribution in [0.1, 0.15) is 13.8 Å². The van der Waals surface area contributed by atoms with E-state index in [0.717, 1.165) is 35.7 Å². The quantitative estimate of drug-likeness (QED) is 0.433. The third kappa shape index (κ3) is 4.03. The Balaban J connectivity index is 3.30. The molecule has 9 nitrogen and oxygen atoms in total. The number of benzene rings is 1. The first-order valence-electron chi connectivity index (χ1n) is 6.69. The number of aliphatic hydroxyl groups is 1. The van der Waals surface area contributed by atoms with Crippen LogP contribution in [0.15, 0.2) is 29.2 Å². The van der Waals surface area contributed by atoms with Crippen LogP contribution in [0, 0.1) is 10.1 Å². The number of likely N-dealkylation sites (N-methyl/N-ethyl adjacent to an activating group) is 1. The number of nitro benzene ring substituents is 1. The minimum Gasteiger partial charge on any atom is -0.468 e. The highest BCUT2D eigenvalue weighted by Crippen LogP contribution is 2.22. The number of non-ortho nitro benzene ring substituents is 1. The second-order valence-electron chi connectivity index (χ2n) is 4.67. The second kappa shape index (κ2) is 7.49. The van der Waals surface area contributed by atoms with Crippen LogP contribution in [-0.4, -0.2) is 54.5 Å². The number of sulfonamides is 1. The molecular formula is C13H18N2O7S. The van der Waals surface area contributed by atoms with Gasteiger partial charge in [-0.2, -0.15) is 4.31 Å². The van der Waals surface area contributed by atoms with Crippen LogP contribution in [0.5, 0.6) is 0 Å². The smallest absolute Gasteiger partial charge is 0.326 e. The molecular weight excluding hydrogens is 328 g/mol. The summed E-state index contributed by atoms with van der Waals surface area (Å²) >= 11 is 0. The molecule has 0 bridgehead atoms. The summed E-state index contributed by atoms with van der Waals surface area (Å²) in [7, 11) is -3.06. The van der Waals surface area contributed by atoms with Crippen LogP contribution in [0.25, 0.3) is 0 Å². The summed E-state index contributed by atoms with van der Waals surface area (Å²) in [6, 6.07) is 2.84. The summed E-state index contributed by atoms with van der Waals surface area (Å²) in [5.74, 6) is -0.896. The van der Waals surface area contributed by atoms with Crippen LogP contribution >= 0.6 is 0 Å². The van der Waals surface area contributed by atoms with Crippen LogP contribution in [0.3, 0.4) is 0 Å². The van der Waals surface area contributed by atoms with Crippen molar-refractivity contribution >= 4 is 21.7 Å². The van der Waals surface area contributed by atoms with E-state index in [4.69, 9.17) is 0 Å². The molecule has 10 heteroatoms. The van der Waals surface area contributed by atoms with Crippen molar-refractivity contribution < 1.29 is 28.0 Å². The molecule has 0 heterocycles. The number of aliphatic hydroxyl groups excluding tert-OH is 1. The SMILES string of the molecule is CCN(C(C(=O)OC)C(C)O)S(=O)(=O)c1ccc([N+](=O)[O-])cc1. The van der Waals surface area contributed by atoms with Gasteiger partial charge in [0.05, 0.1) is 23.0 Å². The van der Waals surface area contributed by atoms with Crippen LogP contribution in [0.4, 0.5) is 5.69 Å². The van der Waals surface area contributed by atoms with Gasteiger partial charge in [-0.15, -0.1) is 0 Å². The van der Waals surface area contributed by atoms with E-state index in [1.54, 1.807) is 0 Å². The maximum atomic E-state index is 12.6. The number of hydrogen-bond acceptors (Lipinski definition) is 7. The summed E-state index contributed by atoms with van der Waals surface area (Å²) in [6.07, 6.45) is -1.30. The number of methoxy groups -OCH3 is 1. The number of ether oxygens (including phenoxy) is 1. The van der Waals surface area contributed by atoms with Gasteiger partial charge in [0.1, 0.15) is 6.04 Å². The first kappa shape index (κ1) is 19.0. The highest BCUT2D eigenvalue weighted by molar-refractivity contribution is 7.89.